The molecule has 0 aromatic rings. The van der Waals surface area contributed by atoms with Gasteiger partial charge < -0.3 is 9.64 Å². The number of methoxy groups -OCH3 is 1. The molecule has 0 aromatic carbocycles. The first-order valence-electron chi connectivity index (χ1n) is 5.64. The number of carbonyl (C=O) groups is 2. The first-order valence-corrected chi connectivity index (χ1v) is 5.64. The van der Waals surface area contributed by atoms with E-state index in [1.807, 2.05) is 41.5 Å². The molecule has 0 aromatic heterocycles. The first-order chi connectivity index (χ1) is 7.34. The molecular formula is C13H27NO3. The van der Waals surface area contributed by atoms with Crippen LogP contribution in [0.15, 0.2) is 0 Å². The lowest BCUT2D eigenvalue weighted by Gasteiger charge is -2.21. The molecule has 0 rings (SSSR count). The molecule has 102 valence electrons. The highest BCUT2D eigenvalue weighted by molar-refractivity contribution is 5.80. The fraction of sp³-hybridized carbons (Fsp3) is 0.846. The summed E-state index contributed by atoms with van der Waals surface area (Å²) in [5.41, 5.74) is -0.585. The Labute approximate surface area is 105 Å². The fourth-order valence-corrected chi connectivity index (χ4v) is 0.977. The SMILES string of the molecule is CN(C)C(=O)C(C)(C)C.COC(=O)C(C)(C)C. The summed E-state index contributed by atoms with van der Waals surface area (Å²) >= 11 is 0. The maximum Gasteiger partial charge on any atom is 0.310 e. The zero-order valence-corrected chi connectivity index (χ0v) is 12.7. The predicted molar refractivity (Wildman–Crippen MR) is 69.6 cm³/mol. The lowest BCUT2D eigenvalue weighted by Crippen LogP contribution is -2.33. The van der Waals surface area contributed by atoms with E-state index in [2.05, 4.69) is 4.74 Å². The minimum absolute atomic E-state index is 0.169. The lowest BCUT2D eigenvalue weighted by molar-refractivity contribution is -0.149. The van der Waals surface area contributed by atoms with Crippen molar-refractivity contribution in [3.8, 4) is 0 Å². The molecule has 0 atom stereocenters. The number of nitrogens with zero attached hydrogens (tertiary/aromatic N) is 1. The van der Waals surface area contributed by atoms with Crippen molar-refractivity contribution in [2.24, 2.45) is 10.8 Å². The monoisotopic (exact) mass is 245 g/mol. The first kappa shape index (κ1) is 18.3. The van der Waals surface area contributed by atoms with Gasteiger partial charge in [-0.2, -0.15) is 0 Å². The third kappa shape index (κ3) is 8.72. The number of ether oxygens (including phenoxy) is 1. The van der Waals surface area contributed by atoms with Gasteiger partial charge in [0.25, 0.3) is 0 Å². The average molecular weight is 245 g/mol. The predicted octanol–water partition coefficient (Wildman–Crippen LogP) is 2.33. The number of esters is 1. The second-order valence-electron chi connectivity index (χ2n) is 6.19. The second kappa shape index (κ2) is 6.62. The third-order valence-corrected chi connectivity index (χ3v) is 1.85. The van der Waals surface area contributed by atoms with E-state index in [4.69, 9.17) is 0 Å². The average Bonchev–Trinajstić information content (AvgIpc) is 2.13. The maximum absolute atomic E-state index is 11.1. The zero-order chi connectivity index (χ0) is 14.4. The van der Waals surface area contributed by atoms with Crippen molar-refractivity contribution in [2.75, 3.05) is 21.2 Å². The van der Waals surface area contributed by atoms with Gasteiger partial charge in [0.1, 0.15) is 0 Å². The number of amides is 1. The zero-order valence-electron chi connectivity index (χ0n) is 12.7. The van der Waals surface area contributed by atoms with Crippen LogP contribution >= 0.6 is 0 Å². The Morgan fingerprint density at radius 3 is 1.24 bits per heavy atom. The Hall–Kier alpha value is -1.06. The van der Waals surface area contributed by atoms with Crippen molar-refractivity contribution in [2.45, 2.75) is 41.5 Å². The summed E-state index contributed by atoms with van der Waals surface area (Å²) in [7, 11) is 4.94. The van der Waals surface area contributed by atoms with Crippen LogP contribution in [-0.4, -0.2) is 38.0 Å². The van der Waals surface area contributed by atoms with Crippen LogP contribution in [0, 0.1) is 10.8 Å². The summed E-state index contributed by atoms with van der Waals surface area (Å²) in [4.78, 5) is 23.3. The molecule has 0 radical (unpaired) electrons. The molecular weight excluding hydrogens is 218 g/mol. The summed E-state index contributed by atoms with van der Waals surface area (Å²) in [6, 6.07) is 0. The summed E-state index contributed by atoms with van der Waals surface area (Å²) in [5.74, 6) is 0.000000000000000666. The van der Waals surface area contributed by atoms with E-state index in [0.29, 0.717) is 0 Å². The van der Waals surface area contributed by atoms with Crippen molar-refractivity contribution < 1.29 is 14.3 Å². The minimum atomic E-state index is -0.352. The van der Waals surface area contributed by atoms with Gasteiger partial charge >= 0.3 is 5.97 Å². The lowest BCUT2D eigenvalue weighted by atomic mass is 9.95. The molecule has 0 spiro atoms. The normalized spacial score (nSPS) is 11.1. The summed E-state index contributed by atoms with van der Waals surface area (Å²) in [6.07, 6.45) is 0. The summed E-state index contributed by atoms with van der Waals surface area (Å²) in [5, 5.41) is 0. The Balaban J connectivity index is 0. The van der Waals surface area contributed by atoms with Crippen LogP contribution < -0.4 is 0 Å². The highest BCUT2D eigenvalue weighted by Gasteiger charge is 2.22. The van der Waals surface area contributed by atoms with E-state index >= 15 is 0 Å². The molecule has 0 aliphatic rings. The minimum Gasteiger partial charge on any atom is -0.469 e. The fourth-order valence-electron chi connectivity index (χ4n) is 0.977. The van der Waals surface area contributed by atoms with Crippen molar-refractivity contribution in [3.63, 3.8) is 0 Å². The van der Waals surface area contributed by atoms with Gasteiger partial charge in [-0.3, -0.25) is 9.59 Å². The van der Waals surface area contributed by atoms with E-state index in [-0.39, 0.29) is 22.7 Å². The van der Waals surface area contributed by atoms with Crippen LogP contribution in [0.25, 0.3) is 0 Å². The van der Waals surface area contributed by atoms with Crippen LogP contribution in [0.4, 0.5) is 0 Å². The highest BCUT2D eigenvalue weighted by atomic mass is 16.5. The van der Waals surface area contributed by atoms with E-state index in [0.717, 1.165) is 0 Å². The van der Waals surface area contributed by atoms with Crippen LogP contribution in [0.1, 0.15) is 41.5 Å². The Kier molecular flexibility index (Phi) is 7.13. The quantitative estimate of drug-likeness (QED) is 0.615. The molecule has 0 aliphatic heterocycles. The summed E-state index contributed by atoms with van der Waals surface area (Å²) in [6.45, 7) is 11.2. The van der Waals surface area contributed by atoms with Gasteiger partial charge in [0.15, 0.2) is 0 Å². The van der Waals surface area contributed by atoms with Gasteiger partial charge in [0.05, 0.1) is 12.5 Å². The number of hydrogen-bond acceptors (Lipinski definition) is 3. The van der Waals surface area contributed by atoms with E-state index in [9.17, 15) is 9.59 Å². The third-order valence-electron chi connectivity index (χ3n) is 1.85. The van der Waals surface area contributed by atoms with Crippen molar-refractivity contribution in [1.82, 2.24) is 4.90 Å². The Morgan fingerprint density at radius 2 is 1.24 bits per heavy atom. The standard InChI is InChI=1S/C7H15NO.C6H12O2/c1-7(2,3)6(9)8(4)5;1-6(2,3)5(7)8-4/h1-5H3;1-4H3. The molecule has 0 unspecified atom stereocenters. The molecule has 0 N–H and O–H groups in total. The number of hydrogen-bond donors (Lipinski definition) is 0. The van der Waals surface area contributed by atoms with Gasteiger partial charge in [-0.25, -0.2) is 0 Å². The van der Waals surface area contributed by atoms with Gasteiger partial charge in [-0.1, -0.05) is 20.8 Å². The van der Waals surface area contributed by atoms with E-state index < -0.39 is 0 Å². The van der Waals surface area contributed by atoms with Gasteiger partial charge in [0, 0.05) is 19.5 Å². The topological polar surface area (TPSA) is 46.6 Å². The molecule has 1 amide bonds. The van der Waals surface area contributed by atoms with Crippen LogP contribution in [-0.2, 0) is 14.3 Å². The molecule has 17 heavy (non-hydrogen) atoms. The van der Waals surface area contributed by atoms with Crippen LogP contribution in [0.2, 0.25) is 0 Å². The Morgan fingerprint density at radius 1 is 0.882 bits per heavy atom. The summed E-state index contributed by atoms with van der Waals surface area (Å²) < 4.78 is 4.48. The molecule has 0 heterocycles. The molecule has 0 fully saturated rings. The molecule has 0 saturated heterocycles. The van der Waals surface area contributed by atoms with Gasteiger partial charge in [-0.15, -0.1) is 0 Å². The molecule has 4 nitrogen and oxygen atoms in total. The van der Waals surface area contributed by atoms with Crippen molar-refractivity contribution >= 4 is 11.9 Å². The van der Waals surface area contributed by atoms with Gasteiger partial charge in [0.2, 0.25) is 5.91 Å². The number of rotatable bonds is 0. The number of carbonyl (C=O) groups excluding carboxylic acids is 2. The van der Waals surface area contributed by atoms with E-state index in [1.54, 1.807) is 19.0 Å². The second-order valence-corrected chi connectivity index (χ2v) is 6.19. The van der Waals surface area contributed by atoms with Crippen LogP contribution in [0.5, 0.6) is 0 Å². The Bertz CT molecular complexity index is 257. The van der Waals surface area contributed by atoms with Crippen molar-refractivity contribution in [1.29, 1.82) is 0 Å². The maximum atomic E-state index is 11.1. The molecule has 0 aliphatic carbocycles. The van der Waals surface area contributed by atoms with Crippen LogP contribution in [0.3, 0.4) is 0 Å². The van der Waals surface area contributed by atoms with Crippen molar-refractivity contribution in [3.05, 3.63) is 0 Å². The molecule has 0 bridgehead atoms. The van der Waals surface area contributed by atoms with Gasteiger partial charge in [-0.05, 0) is 20.8 Å². The largest absolute Gasteiger partial charge is 0.469 e. The highest BCUT2D eigenvalue weighted by Crippen LogP contribution is 2.15. The van der Waals surface area contributed by atoms with E-state index in [1.165, 1.54) is 7.11 Å². The molecule has 0 saturated carbocycles. The molecule has 4 heteroatoms. The smallest absolute Gasteiger partial charge is 0.310 e.